The molecule has 10 nitrogen and oxygen atoms in total. The zero-order valence-corrected chi connectivity index (χ0v) is 27.5. The fourth-order valence-electron chi connectivity index (χ4n) is 6.70. The third kappa shape index (κ3) is 6.63. The number of amides is 2. The summed E-state index contributed by atoms with van der Waals surface area (Å²) in [6.07, 6.45) is 6.17. The number of rotatable bonds is 9. The van der Waals surface area contributed by atoms with Gasteiger partial charge in [-0.3, -0.25) is 19.6 Å². The lowest BCUT2D eigenvalue weighted by atomic mass is 9.88. The number of anilines is 2. The first-order chi connectivity index (χ1) is 23.4. The van der Waals surface area contributed by atoms with Gasteiger partial charge in [-0.1, -0.05) is 0 Å². The van der Waals surface area contributed by atoms with Crippen LogP contribution in [0.4, 0.5) is 15.8 Å². The van der Waals surface area contributed by atoms with E-state index in [0.29, 0.717) is 62.1 Å². The molecule has 0 saturated carbocycles. The molecule has 2 aliphatic rings. The van der Waals surface area contributed by atoms with Crippen molar-refractivity contribution in [2.45, 2.75) is 6.42 Å². The summed E-state index contributed by atoms with van der Waals surface area (Å²) >= 11 is 1.65. The first kappa shape index (κ1) is 31.8. The zero-order chi connectivity index (χ0) is 33.1. The third-order valence-electron chi connectivity index (χ3n) is 9.32. The highest BCUT2D eigenvalue weighted by atomic mass is 32.2. The Morgan fingerprint density at radius 2 is 1.67 bits per heavy atom. The predicted octanol–water partition coefficient (Wildman–Crippen LogP) is 5.17. The molecular formula is C36H37FN8O2S. The van der Waals surface area contributed by atoms with Crippen LogP contribution in [0.2, 0.25) is 0 Å². The number of H-pyrrole nitrogens is 1. The Morgan fingerprint density at radius 3 is 2.40 bits per heavy atom. The summed E-state index contributed by atoms with van der Waals surface area (Å²) < 4.78 is 13.5. The molecule has 0 spiro atoms. The summed E-state index contributed by atoms with van der Waals surface area (Å²) in [7, 11) is 0. The quantitative estimate of drug-likeness (QED) is 0.222. The molecular weight excluding hydrogens is 628 g/mol. The van der Waals surface area contributed by atoms with Gasteiger partial charge in [-0.25, -0.2) is 14.4 Å². The van der Waals surface area contributed by atoms with Crippen molar-refractivity contribution in [2.24, 2.45) is 5.41 Å². The highest BCUT2D eigenvalue weighted by molar-refractivity contribution is 7.98. The van der Waals surface area contributed by atoms with Crippen LogP contribution in [-0.2, 0) is 9.59 Å². The third-order valence-corrected chi connectivity index (χ3v) is 10.2. The average molecular weight is 665 g/mol. The Morgan fingerprint density at radius 1 is 0.938 bits per heavy atom. The normalized spacial score (nSPS) is 18.4. The van der Waals surface area contributed by atoms with Crippen LogP contribution in [0.25, 0.3) is 33.5 Å². The smallest absolute Gasteiger partial charge is 0.236 e. The van der Waals surface area contributed by atoms with Crippen molar-refractivity contribution >= 4 is 45.9 Å². The van der Waals surface area contributed by atoms with E-state index in [-0.39, 0.29) is 17.6 Å². The van der Waals surface area contributed by atoms with Crippen LogP contribution in [0, 0.1) is 11.2 Å². The Labute approximate surface area is 282 Å². The molecule has 2 amide bonds. The number of likely N-dealkylation sites (tertiary alicyclic amines) is 1. The number of aromatic nitrogens is 4. The van der Waals surface area contributed by atoms with Crippen LogP contribution in [0.1, 0.15) is 6.42 Å². The fourth-order valence-corrected chi connectivity index (χ4v) is 7.62. The van der Waals surface area contributed by atoms with Crippen LogP contribution in [-0.4, -0.2) is 99.6 Å². The summed E-state index contributed by atoms with van der Waals surface area (Å²) in [6, 6.07) is 21.9. The number of nitrogens with one attached hydrogen (secondary N) is 2. The molecule has 4 heterocycles. The van der Waals surface area contributed by atoms with Gasteiger partial charge < -0.3 is 15.1 Å². The van der Waals surface area contributed by atoms with E-state index in [2.05, 4.69) is 47.4 Å². The van der Waals surface area contributed by atoms with E-state index in [1.807, 2.05) is 41.5 Å². The van der Waals surface area contributed by atoms with Gasteiger partial charge in [0.15, 0.2) is 5.82 Å². The Hall–Kier alpha value is -4.81. The molecule has 246 valence electrons. The second-order valence-electron chi connectivity index (χ2n) is 12.5. The Kier molecular flexibility index (Phi) is 9.09. The molecule has 5 aromatic rings. The highest BCUT2D eigenvalue weighted by Gasteiger charge is 2.45. The highest BCUT2D eigenvalue weighted by Crippen LogP contribution is 2.36. The van der Waals surface area contributed by atoms with Crippen molar-refractivity contribution in [2.75, 3.05) is 68.0 Å². The van der Waals surface area contributed by atoms with E-state index in [1.54, 1.807) is 42.4 Å². The Bertz CT molecular complexity index is 1900. The lowest BCUT2D eigenvalue weighted by molar-refractivity contribution is -0.133. The van der Waals surface area contributed by atoms with Gasteiger partial charge in [-0.15, -0.1) is 0 Å². The van der Waals surface area contributed by atoms with E-state index in [0.717, 1.165) is 40.8 Å². The maximum absolute atomic E-state index is 13.9. The number of benzene rings is 3. The maximum atomic E-state index is 13.9. The number of hydrogen-bond acceptors (Lipinski definition) is 8. The van der Waals surface area contributed by atoms with Gasteiger partial charge in [0, 0.05) is 78.8 Å². The van der Waals surface area contributed by atoms with Crippen molar-refractivity contribution in [3.05, 3.63) is 91.0 Å². The first-order valence-corrected chi connectivity index (χ1v) is 17.5. The molecule has 0 radical (unpaired) electrons. The standard InChI is InChI=1S/C36H37FN8O2S/c1-48-24-36(35(47)40-28-9-12-31-30(21-28)33(42-41-31)25-3-7-27(37)8-4-25)13-16-43(23-36)22-32(46)45-19-17-44(18-20-45)29-10-5-26(6-11-29)34-38-14-2-15-39-34/h2-12,14-15,21H,13,16-20,22-24H2,1H3,(H,40,47)(H,41,42). The molecule has 1 atom stereocenters. The monoisotopic (exact) mass is 664 g/mol. The number of nitrogens with zero attached hydrogens (tertiary/aromatic N) is 6. The SMILES string of the molecule is CSCC1(C(=O)Nc2ccc3[nH]nc(-c4ccc(F)cc4)c3c2)CCN(CC(=O)N2CCN(c3ccc(-c4ncccn4)cc3)CC2)C1. The van der Waals surface area contributed by atoms with Gasteiger partial charge in [-0.05, 0) is 92.0 Å². The summed E-state index contributed by atoms with van der Waals surface area (Å²) in [6.45, 7) is 4.35. The maximum Gasteiger partial charge on any atom is 0.236 e. The summed E-state index contributed by atoms with van der Waals surface area (Å²) in [5.74, 6) is 1.11. The lowest BCUT2D eigenvalue weighted by Gasteiger charge is -2.37. The van der Waals surface area contributed by atoms with Crippen molar-refractivity contribution in [1.82, 2.24) is 30.0 Å². The van der Waals surface area contributed by atoms with Crippen LogP contribution in [0.5, 0.6) is 0 Å². The largest absolute Gasteiger partial charge is 0.368 e. The number of hydrogen-bond donors (Lipinski definition) is 2. The molecule has 2 aromatic heterocycles. The van der Waals surface area contributed by atoms with E-state index in [4.69, 9.17) is 0 Å². The van der Waals surface area contributed by atoms with E-state index < -0.39 is 5.41 Å². The number of aromatic amines is 1. The van der Waals surface area contributed by atoms with E-state index >= 15 is 0 Å². The number of halogens is 1. The molecule has 0 aliphatic carbocycles. The molecule has 2 fully saturated rings. The molecule has 1 unspecified atom stereocenters. The van der Waals surface area contributed by atoms with Gasteiger partial charge in [-0.2, -0.15) is 16.9 Å². The molecule has 7 rings (SSSR count). The number of fused-ring (bicyclic) bond motifs is 1. The Balaban J connectivity index is 0.953. The molecule has 2 N–H and O–H groups in total. The van der Waals surface area contributed by atoms with Gasteiger partial charge in [0.1, 0.15) is 5.82 Å². The van der Waals surface area contributed by atoms with Crippen molar-refractivity contribution in [3.8, 4) is 22.6 Å². The van der Waals surface area contributed by atoms with Crippen molar-refractivity contribution in [3.63, 3.8) is 0 Å². The summed E-state index contributed by atoms with van der Waals surface area (Å²) in [5.41, 5.74) is 4.47. The predicted molar refractivity (Wildman–Crippen MR) is 188 cm³/mol. The minimum atomic E-state index is -0.611. The zero-order valence-electron chi connectivity index (χ0n) is 26.7. The lowest BCUT2D eigenvalue weighted by Crippen LogP contribution is -2.51. The number of carbonyl (C=O) groups excluding carboxylic acids is 2. The first-order valence-electron chi connectivity index (χ1n) is 16.1. The van der Waals surface area contributed by atoms with Gasteiger partial charge in [0.2, 0.25) is 11.8 Å². The molecule has 2 aliphatic heterocycles. The summed E-state index contributed by atoms with van der Waals surface area (Å²) in [4.78, 5) is 42.3. The van der Waals surface area contributed by atoms with Gasteiger partial charge in [0.25, 0.3) is 0 Å². The van der Waals surface area contributed by atoms with Crippen LogP contribution >= 0.6 is 11.8 Å². The topological polar surface area (TPSA) is 110 Å². The van der Waals surface area contributed by atoms with Gasteiger partial charge in [0.05, 0.1) is 23.2 Å². The molecule has 12 heteroatoms. The van der Waals surface area contributed by atoms with E-state index in [1.165, 1.54) is 12.1 Å². The average Bonchev–Trinajstić information content (AvgIpc) is 3.74. The van der Waals surface area contributed by atoms with Crippen molar-refractivity contribution < 1.29 is 14.0 Å². The fraction of sp³-hybridized carbons (Fsp3) is 0.306. The van der Waals surface area contributed by atoms with Gasteiger partial charge >= 0.3 is 0 Å². The number of carbonyl (C=O) groups is 2. The molecule has 48 heavy (non-hydrogen) atoms. The molecule has 3 aromatic carbocycles. The van der Waals surface area contributed by atoms with Crippen LogP contribution in [0.15, 0.2) is 85.2 Å². The van der Waals surface area contributed by atoms with E-state index in [9.17, 15) is 14.0 Å². The number of thioether (sulfide) groups is 1. The van der Waals surface area contributed by atoms with Crippen LogP contribution in [0.3, 0.4) is 0 Å². The minimum Gasteiger partial charge on any atom is -0.368 e. The second kappa shape index (κ2) is 13.7. The van der Waals surface area contributed by atoms with Crippen molar-refractivity contribution in [1.29, 1.82) is 0 Å². The summed E-state index contributed by atoms with van der Waals surface area (Å²) in [5, 5.41) is 11.5. The molecule has 2 saturated heterocycles. The molecule has 0 bridgehead atoms. The second-order valence-corrected chi connectivity index (χ2v) is 13.3. The number of piperazine rings is 1. The minimum absolute atomic E-state index is 0.0450. The van der Waals surface area contributed by atoms with Crippen LogP contribution < -0.4 is 10.2 Å².